The zero-order chi connectivity index (χ0) is 7.82. The standard InChI is InChI=1S/C7H10O.C2H6/c8-6-7-4-2-1-3-5-7;1-2/h1-2,4,8H,3,5-6H2;1-2H3/p+1. The molecule has 0 aromatic rings. The van der Waals surface area contributed by atoms with E-state index >= 15 is 0 Å². The largest absolute Gasteiger partial charge is 0.442 e. The van der Waals surface area contributed by atoms with Crippen LogP contribution in [0.2, 0.25) is 0 Å². The van der Waals surface area contributed by atoms with Gasteiger partial charge in [0.1, 0.15) is 0 Å². The second-order valence-electron chi connectivity index (χ2n) is 1.97. The Morgan fingerprint density at radius 2 is 2.20 bits per heavy atom. The molecule has 0 saturated heterocycles. The van der Waals surface area contributed by atoms with Crippen LogP contribution in [0.25, 0.3) is 0 Å². The Labute approximate surface area is 63.1 Å². The maximum atomic E-state index is 6.99. The molecule has 1 aliphatic carbocycles. The molecule has 1 nitrogen and oxygen atoms in total. The van der Waals surface area contributed by atoms with Gasteiger partial charge in [0.15, 0.2) is 6.61 Å². The van der Waals surface area contributed by atoms with Gasteiger partial charge in [0.2, 0.25) is 0 Å². The average Bonchev–Trinajstić information content (AvgIpc) is 2.10. The van der Waals surface area contributed by atoms with Crippen LogP contribution in [0, 0.1) is 0 Å². The van der Waals surface area contributed by atoms with Gasteiger partial charge in [-0.2, -0.15) is 0 Å². The van der Waals surface area contributed by atoms with Crippen LogP contribution in [-0.2, 0) is 0 Å². The summed E-state index contributed by atoms with van der Waals surface area (Å²) in [5, 5.41) is 6.99. The first-order valence-corrected chi connectivity index (χ1v) is 3.92. The summed E-state index contributed by atoms with van der Waals surface area (Å²) in [5.74, 6) is 0. The first kappa shape index (κ1) is 9.44. The second-order valence-corrected chi connectivity index (χ2v) is 1.97. The lowest BCUT2D eigenvalue weighted by Gasteiger charge is -2.00. The molecule has 0 radical (unpaired) electrons. The van der Waals surface area contributed by atoms with E-state index in [2.05, 4.69) is 6.08 Å². The van der Waals surface area contributed by atoms with E-state index in [-0.39, 0.29) is 0 Å². The first-order valence-electron chi connectivity index (χ1n) is 3.92. The molecule has 0 aromatic carbocycles. The van der Waals surface area contributed by atoms with E-state index in [4.69, 9.17) is 5.11 Å². The number of rotatable bonds is 1. The van der Waals surface area contributed by atoms with E-state index in [0.717, 1.165) is 12.8 Å². The Balaban J connectivity index is 0.000000371. The SMILES string of the molecule is CC.[OH2+]CC1=CC=CCC1. The van der Waals surface area contributed by atoms with Gasteiger partial charge in [-0.3, -0.25) is 0 Å². The van der Waals surface area contributed by atoms with Crippen molar-refractivity contribution in [2.45, 2.75) is 26.7 Å². The Kier molecular flexibility index (Phi) is 6.19. The Morgan fingerprint density at radius 1 is 1.50 bits per heavy atom. The van der Waals surface area contributed by atoms with E-state index in [1.165, 1.54) is 5.57 Å². The van der Waals surface area contributed by atoms with Crippen LogP contribution in [0.15, 0.2) is 23.8 Å². The summed E-state index contributed by atoms with van der Waals surface area (Å²) < 4.78 is 0. The number of hydrogen-bond acceptors (Lipinski definition) is 0. The van der Waals surface area contributed by atoms with Crippen molar-refractivity contribution in [3.8, 4) is 0 Å². The number of allylic oxidation sites excluding steroid dienone is 3. The molecule has 58 valence electrons. The van der Waals surface area contributed by atoms with Crippen molar-refractivity contribution in [2.75, 3.05) is 6.61 Å². The Hall–Kier alpha value is -0.560. The first-order chi connectivity index (χ1) is 4.93. The molecule has 1 rings (SSSR count). The third-order valence-corrected chi connectivity index (χ3v) is 1.33. The second kappa shape index (κ2) is 6.56. The van der Waals surface area contributed by atoms with E-state index < -0.39 is 0 Å². The monoisotopic (exact) mass is 141 g/mol. The molecule has 1 aliphatic rings. The molecule has 0 aliphatic heterocycles. The topological polar surface area (TPSA) is 22.9 Å². The van der Waals surface area contributed by atoms with E-state index in [9.17, 15) is 0 Å². The molecule has 0 spiro atoms. The molecule has 2 N–H and O–H groups in total. The van der Waals surface area contributed by atoms with Gasteiger partial charge < -0.3 is 5.11 Å². The smallest absolute Gasteiger partial charge is 0.166 e. The van der Waals surface area contributed by atoms with Crippen molar-refractivity contribution in [3.63, 3.8) is 0 Å². The minimum atomic E-state index is 0.477. The van der Waals surface area contributed by atoms with Gasteiger partial charge in [0, 0.05) is 5.57 Å². The molecule has 10 heavy (non-hydrogen) atoms. The third-order valence-electron chi connectivity index (χ3n) is 1.33. The van der Waals surface area contributed by atoms with Gasteiger partial charge >= 0.3 is 0 Å². The molecule has 0 heterocycles. The predicted molar refractivity (Wildman–Crippen MR) is 46.3 cm³/mol. The molecule has 0 fully saturated rings. The van der Waals surface area contributed by atoms with Gasteiger partial charge in [0.05, 0.1) is 0 Å². The van der Waals surface area contributed by atoms with Crippen LogP contribution in [-0.4, -0.2) is 11.7 Å². The molecule has 0 amide bonds. The molecule has 0 unspecified atom stereocenters. The van der Waals surface area contributed by atoms with Crippen molar-refractivity contribution in [2.24, 2.45) is 0 Å². The molecular formula is C9H17O+. The van der Waals surface area contributed by atoms with Crippen LogP contribution in [0.4, 0.5) is 0 Å². The van der Waals surface area contributed by atoms with Crippen LogP contribution < -0.4 is 0 Å². The fourth-order valence-electron chi connectivity index (χ4n) is 0.800. The van der Waals surface area contributed by atoms with Crippen LogP contribution in [0.3, 0.4) is 0 Å². The highest BCUT2D eigenvalue weighted by atomic mass is 16.3. The minimum absolute atomic E-state index is 0.477. The van der Waals surface area contributed by atoms with Gasteiger partial charge in [-0.15, -0.1) is 0 Å². The van der Waals surface area contributed by atoms with Crippen molar-refractivity contribution in [1.82, 2.24) is 0 Å². The molecule has 0 aromatic heterocycles. The van der Waals surface area contributed by atoms with Crippen LogP contribution in [0.1, 0.15) is 26.7 Å². The molecule has 0 saturated carbocycles. The fraction of sp³-hybridized carbons (Fsp3) is 0.556. The van der Waals surface area contributed by atoms with Crippen molar-refractivity contribution >= 4 is 0 Å². The van der Waals surface area contributed by atoms with Crippen LogP contribution in [0.5, 0.6) is 0 Å². The summed E-state index contributed by atoms with van der Waals surface area (Å²) in [7, 11) is 0. The Morgan fingerprint density at radius 3 is 2.50 bits per heavy atom. The lowest BCUT2D eigenvalue weighted by atomic mass is 10.1. The number of hydrogen-bond donors (Lipinski definition) is 0. The highest BCUT2D eigenvalue weighted by Gasteiger charge is 1.97. The normalized spacial score (nSPS) is 15.3. The van der Waals surface area contributed by atoms with E-state index in [0.29, 0.717) is 6.61 Å². The lowest BCUT2D eigenvalue weighted by Crippen LogP contribution is -1.91. The fourth-order valence-corrected chi connectivity index (χ4v) is 0.800. The molecule has 0 bridgehead atoms. The molecule has 1 heteroatoms. The summed E-state index contributed by atoms with van der Waals surface area (Å²) in [5.41, 5.74) is 1.26. The third kappa shape index (κ3) is 3.46. The molecule has 0 atom stereocenters. The summed E-state index contributed by atoms with van der Waals surface area (Å²) in [6.07, 6.45) is 8.44. The van der Waals surface area contributed by atoms with E-state index in [1.54, 1.807) is 0 Å². The molecular weight excluding hydrogens is 124 g/mol. The van der Waals surface area contributed by atoms with Crippen molar-refractivity contribution in [1.29, 1.82) is 0 Å². The zero-order valence-electron chi connectivity index (χ0n) is 6.85. The minimum Gasteiger partial charge on any atom is -0.442 e. The lowest BCUT2D eigenvalue weighted by molar-refractivity contribution is 0.326. The summed E-state index contributed by atoms with van der Waals surface area (Å²) >= 11 is 0. The summed E-state index contributed by atoms with van der Waals surface area (Å²) in [4.78, 5) is 0. The summed E-state index contributed by atoms with van der Waals surface area (Å²) in [6, 6.07) is 0. The Bertz CT molecular complexity index is 123. The maximum absolute atomic E-state index is 6.99. The van der Waals surface area contributed by atoms with Gasteiger partial charge in [-0.25, -0.2) is 0 Å². The van der Waals surface area contributed by atoms with Gasteiger partial charge in [-0.1, -0.05) is 32.1 Å². The average molecular weight is 141 g/mol. The quantitative estimate of drug-likeness (QED) is 0.499. The highest BCUT2D eigenvalue weighted by molar-refractivity contribution is 5.17. The maximum Gasteiger partial charge on any atom is 0.166 e. The van der Waals surface area contributed by atoms with Crippen LogP contribution >= 0.6 is 0 Å². The zero-order valence-corrected chi connectivity index (χ0v) is 6.85. The van der Waals surface area contributed by atoms with Crippen molar-refractivity contribution in [3.05, 3.63) is 23.8 Å². The van der Waals surface area contributed by atoms with Gasteiger partial charge in [0.25, 0.3) is 0 Å². The predicted octanol–water partition coefficient (Wildman–Crippen LogP) is 2.01. The highest BCUT2D eigenvalue weighted by Crippen LogP contribution is 2.09. The van der Waals surface area contributed by atoms with Gasteiger partial charge in [-0.05, 0) is 12.8 Å². The van der Waals surface area contributed by atoms with E-state index in [1.807, 2.05) is 26.0 Å². The summed E-state index contributed by atoms with van der Waals surface area (Å²) in [6.45, 7) is 4.48. The van der Waals surface area contributed by atoms with Crippen molar-refractivity contribution < 1.29 is 5.11 Å².